The number of imidazole rings is 1. The zero-order valence-corrected chi connectivity index (χ0v) is 14.1. The Balaban J connectivity index is 1.86. The zero-order chi connectivity index (χ0) is 17.3. The highest BCUT2D eigenvalue weighted by molar-refractivity contribution is 7.89. The number of hydrogen-bond acceptors (Lipinski definition) is 4. The highest BCUT2D eigenvalue weighted by Crippen LogP contribution is 2.18. The van der Waals surface area contributed by atoms with Crippen molar-refractivity contribution in [3.8, 4) is 6.07 Å². The van der Waals surface area contributed by atoms with Crippen molar-refractivity contribution in [2.75, 3.05) is 0 Å². The SMILES string of the molecule is Cc1nc2cc(CNS(=O)(=O)c3ccccc3C#N)ccc2n1C. The second-order valence-electron chi connectivity index (χ2n) is 5.47. The molecule has 6 nitrogen and oxygen atoms in total. The van der Waals surface area contributed by atoms with E-state index in [9.17, 15) is 8.42 Å². The van der Waals surface area contributed by atoms with Gasteiger partial charge in [0.15, 0.2) is 0 Å². The minimum atomic E-state index is -3.76. The van der Waals surface area contributed by atoms with Crippen LogP contribution in [0.5, 0.6) is 0 Å². The summed E-state index contributed by atoms with van der Waals surface area (Å²) in [5, 5.41) is 9.06. The number of aromatic nitrogens is 2. The Morgan fingerprint density at radius 3 is 2.75 bits per heavy atom. The van der Waals surface area contributed by atoms with Crippen molar-refractivity contribution in [1.29, 1.82) is 5.26 Å². The number of hydrogen-bond donors (Lipinski definition) is 1. The third-order valence-corrected chi connectivity index (χ3v) is 5.39. The Kier molecular flexibility index (Phi) is 4.09. The van der Waals surface area contributed by atoms with E-state index in [1.165, 1.54) is 12.1 Å². The molecule has 0 aliphatic heterocycles. The minimum Gasteiger partial charge on any atom is -0.331 e. The molecule has 0 atom stereocenters. The number of rotatable bonds is 4. The molecule has 0 aliphatic carbocycles. The predicted molar refractivity (Wildman–Crippen MR) is 90.6 cm³/mol. The van der Waals surface area contributed by atoms with Crippen LogP contribution in [0.25, 0.3) is 11.0 Å². The molecule has 0 saturated heterocycles. The van der Waals surface area contributed by atoms with Crippen LogP contribution in [0.2, 0.25) is 0 Å². The Morgan fingerprint density at radius 2 is 2.00 bits per heavy atom. The van der Waals surface area contributed by atoms with E-state index in [0.717, 1.165) is 22.4 Å². The molecule has 0 fully saturated rings. The summed E-state index contributed by atoms with van der Waals surface area (Å²) in [5.74, 6) is 0.894. The average molecular weight is 340 g/mol. The van der Waals surface area contributed by atoms with Crippen molar-refractivity contribution in [2.45, 2.75) is 18.4 Å². The van der Waals surface area contributed by atoms with Crippen LogP contribution in [-0.4, -0.2) is 18.0 Å². The van der Waals surface area contributed by atoms with E-state index in [0.29, 0.717) is 0 Å². The van der Waals surface area contributed by atoms with Gasteiger partial charge in [-0.1, -0.05) is 18.2 Å². The normalized spacial score (nSPS) is 11.5. The summed E-state index contributed by atoms with van der Waals surface area (Å²) in [4.78, 5) is 4.43. The van der Waals surface area contributed by atoms with E-state index in [1.54, 1.807) is 12.1 Å². The number of sulfonamides is 1. The molecule has 1 aromatic heterocycles. The highest BCUT2D eigenvalue weighted by atomic mass is 32.2. The first-order chi connectivity index (χ1) is 11.4. The van der Waals surface area contributed by atoms with Crippen LogP contribution < -0.4 is 4.72 Å². The lowest BCUT2D eigenvalue weighted by Gasteiger charge is -2.08. The van der Waals surface area contributed by atoms with Gasteiger partial charge in [-0.15, -0.1) is 0 Å². The molecule has 7 heteroatoms. The van der Waals surface area contributed by atoms with E-state index >= 15 is 0 Å². The summed E-state index contributed by atoms with van der Waals surface area (Å²) in [5.41, 5.74) is 2.75. The molecule has 3 aromatic rings. The molecule has 122 valence electrons. The minimum absolute atomic E-state index is 0.0118. The van der Waals surface area contributed by atoms with Gasteiger partial charge in [0.25, 0.3) is 0 Å². The summed E-state index contributed by atoms with van der Waals surface area (Å²) in [6, 6.07) is 13.7. The summed E-state index contributed by atoms with van der Waals surface area (Å²) >= 11 is 0. The molecule has 3 rings (SSSR count). The summed E-state index contributed by atoms with van der Waals surface area (Å²) in [6.07, 6.45) is 0. The van der Waals surface area contributed by atoms with Gasteiger partial charge in [0.1, 0.15) is 11.9 Å². The van der Waals surface area contributed by atoms with Crippen LogP contribution in [0.4, 0.5) is 0 Å². The first-order valence-corrected chi connectivity index (χ1v) is 8.81. The fourth-order valence-electron chi connectivity index (χ4n) is 2.53. The molecule has 24 heavy (non-hydrogen) atoms. The first-order valence-electron chi connectivity index (χ1n) is 7.33. The summed E-state index contributed by atoms with van der Waals surface area (Å²) in [7, 11) is -1.82. The molecule has 1 heterocycles. The van der Waals surface area contributed by atoms with E-state index in [4.69, 9.17) is 5.26 Å². The van der Waals surface area contributed by atoms with Crippen molar-refractivity contribution >= 4 is 21.1 Å². The molecule has 0 radical (unpaired) electrons. The van der Waals surface area contributed by atoms with E-state index < -0.39 is 10.0 Å². The molecule has 0 amide bonds. The fourth-order valence-corrected chi connectivity index (χ4v) is 3.70. The van der Waals surface area contributed by atoms with Crippen LogP contribution in [0.15, 0.2) is 47.4 Å². The Hall–Kier alpha value is -2.69. The van der Waals surface area contributed by atoms with Crippen molar-refractivity contribution in [2.24, 2.45) is 7.05 Å². The number of nitrogens with one attached hydrogen (secondary N) is 1. The van der Waals surface area contributed by atoms with E-state index in [2.05, 4.69) is 9.71 Å². The topological polar surface area (TPSA) is 87.8 Å². The lowest BCUT2D eigenvalue weighted by atomic mass is 10.2. The number of nitriles is 1. The van der Waals surface area contributed by atoms with Gasteiger partial charge in [-0.3, -0.25) is 0 Å². The van der Waals surface area contributed by atoms with Crippen LogP contribution in [0.3, 0.4) is 0 Å². The molecule has 0 unspecified atom stereocenters. The maximum atomic E-state index is 12.4. The maximum absolute atomic E-state index is 12.4. The largest absolute Gasteiger partial charge is 0.331 e. The number of fused-ring (bicyclic) bond motifs is 1. The highest BCUT2D eigenvalue weighted by Gasteiger charge is 2.18. The lowest BCUT2D eigenvalue weighted by molar-refractivity contribution is 0.581. The van der Waals surface area contributed by atoms with E-state index in [1.807, 2.05) is 42.8 Å². The molecule has 0 aliphatic rings. The van der Waals surface area contributed by atoms with E-state index in [-0.39, 0.29) is 17.0 Å². The maximum Gasteiger partial charge on any atom is 0.242 e. The fraction of sp³-hybridized carbons (Fsp3) is 0.176. The van der Waals surface area contributed by atoms with Gasteiger partial charge in [-0.05, 0) is 36.8 Å². The number of benzene rings is 2. The van der Waals surface area contributed by atoms with Crippen LogP contribution in [0, 0.1) is 18.3 Å². The number of nitrogens with zero attached hydrogens (tertiary/aromatic N) is 3. The Bertz CT molecular complexity index is 1060. The van der Waals surface area contributed by atoms with Gasteiger partial charge >= 0.3 is 0 Å². The molecule has 1 N–H and O–H groups in total. The van der Waals surface area contributed by atoms with Gasteiger partial charge in [0.05, 0.1) is 21.5 Å². The monoisotopic (exact) mass is 340 g/mol. The predicted octanol–water partition coefficient (Wildman–Crippen LogP) is 2.23. The third kappa shape index (κ3) is 2.89. The molecule has 2 aromatic carbocycles. The summed E-state index contributed by atoms with van der Waals surface area (Å²) < 4.78 is 29.4. The first kappa shape index (κ1) is 16.2. The molecule has 0 saturated carbocycles. The third-order valence-electron chi connectivity index (χ3n) is 3.93. The van der Waals surface area contributed by atoms with Crippen LogP contribution >= 0.6 is 0 Å². The quantitative estimate of drug-likeness (QED) is 0.789. The van der Waals surface area contributed by atoms with Crippen molar-refractivity contribution < 1.29 is 8.42 Å². The summed E-state index contributed by atoms with van der Waals surface area (Å²) in [6.45, 7) is 2.05. The zero-order valence-electron chi connectivity index (χ0n) is 13.3. The lowest BCUT2D eigenvalue weighted by Crippen LogP contribution is -2.24. The van der Waals surface area contributed by atoms with Gasteiger partial charge in [0, 0.05) is 13.6 Å². The van der Waals surface area contributed by atoms with Crippen LogP contribution in [-0.2, 0) is 23.6 Å². The van der Waals surface area contributed by atoms with Crippen LogP contribution in [0.1, 0.15) is 17.0 Å². The van der Waals surface area contributed by atoms with Gasteiger partial charge in [-0.25, -0.2) is 18.1 Å². The van der Waals surface area contributed by atoms with Gasteiger partial charge < -0.3 is 4.57 Å². The molecule has 0 spiro atoms. The van der Waals surface area contributed by atoms with Crippen molar-refractivity contribution in [3.63, 3.8) is 0 Å². The second kappa shape index (κ2) is 6.07. The number of aryl methyl sites for hydroxylation is 2. The second-order valence-corrected chi connectivity index (χ2v) is 7.21. The Labute approximate surface area is 140 Å². The smallest absolute Gasteiger partial charge is 0.242 e. The average Bonchev–Trinajstić information content (AvgIpc) is 2.87. The molecule has 0 bridgehead atoms. The standard InChI is InChI=1S/C17H16N4O2S/c1-12-20-15-9-13(7-8-16(15)21(12)2)11-19-24(22,23)17-6-4-3-5-14(17)10-18/h3-9,19H,11H2,1-2H3. The van der Waals surface area contributed by atoms with Crippen molar-refractivity contribution in [3.05, 3.63) is 59.4 Å². The Morgan fingerprint density at radius 1 is 1.25 bits per heavy atom. The molecular formula is C17H16N4O2S. The van der Waals surface area contributed by atoms with Crippen molar-refractivity contribution in [1.82, 2.24) is 14.3 Å². The van der Waals surface area contributed by atoms with Gasteiger partial charge in [-0.2, -0.15) is 5.26 Å². The molecular weight excluding hydrogens is 324 g/mol. The van der Waals surface area contributed by atoms with Gasteiger partial charge in [0.2, 0.25) is 10.0 Å².